The number of hydrogen-bond donors (Lipinski definition) is 2. The van der Waals surface area contributed by atoms with Crippen molar-refractivity contribution in [1.82, 2.24) is 20.7 Å². The highest BCUT2D eigenvalue weighted by atomic mass is 19.1. The molecular weight excluding hydrogens is 254 g/mol. The van der Waals surface area contributed by atoms with Crippen LogP contribution in [0.5, 0.6) is 0 Å². The van der Waals surface area contributed by atoms with Gasteiger partial charge in [-0.2, -0.15) is 15.4 Å². The van der Waals surface area contributed by atoms with E-state index in [1.165, 1.54) is 6.20 Å². The summed E-state index contributed by atoms with van der Waals surface area (Å²) in [7, 11) is 0. The van der Waals surface area contributed by atoms with Gasteiger partial charge < -0.3 is 5.32 Å². The lowest BCUT2D eigenvalue weighted by molar-refractivity contribution is 0.0929. The van der Waals surface area contributed by atoms with Crippen molar-refractivity contribution in [3.63, 3.8) is 0 Å². The fraction of sp³-hybridized carbons (Fsp3) is 0.250. The Bertz CT molecular complexity index is 571. The van der Waals surface area contributed by atoms with E-state index in [0.29, 0.717) is 6.42 Å². The highest BCUT2D eigenvalue weighted by Gasteiger charge is 2.19. The molecule has 0 saturated heterocycles. The summed E-state index contributed by atoms with van der Waals surface area (Å²) in [6, 6.07) is 2.52. The zero-order valence-corrected chi connectivity index (χ0v) is 10.2. The van der Waals surface area contributed by atoms with Gasteiger partial charge in [-0.3, -0.25) is 4.79 Å². The summed E-state index contributed by atoms with van der Waals surface area (Å²) in [5.74, 6) is -1.61. The van der Waals surface area contributed by atoms with E-state index in [1.807, 2.05) is 0 Å². The van der Waals surface area contributed by atoms with Crippen molar-refractivity contribution in [1.29, 1.82) is 0 Å². The molecule has 5 nitrogen and oxygen atoms in total. The molecule has 1 atom stereocenters. The molecule has 1 amide bonds. The van der Waals surface area contributed by atoms with Gasteiger partial charge in [0.25, 0.3) is 5.91 Å². The van der Waals surface area contributed by atoms with Crippen molar-refractivity contribution in [2.75, 3.05) is 0 Å². The molecule has 7 heteroatoms. The number of nitrogens with one attached hydrogen (secondary N) is 2. The normalized spacial score (nSPS) is 12.2. The second-order valence-corrected chi connectivity index (χ2v) is 3.96. The second-order valence-electron chi connectivity index (χ2n) is 3.96. The summed E-state index contributed by atoms with van der Waals surface area (Å²) >= 11 is 0. The van der Waals surface area contributed by atoms with Crippen LogP contribution in [0.2, 0.25) is 0 Å². The minimum Gasteiger partial charge on any atom is -0.344 e. The van der Waals surface area contributed by atoms with Crippen LogP contribution in [-0.4, -0.2) is 21.3 Å². The Morgan fingerprint density at radius 2 is 2.26 bits per heavy atom. The fourth-order valence-electron chi connectivity index (χ4n) is 1.72. The molecule has 0 aliphatic carbocycles. The van der Waals surface area contributed by atoms with Crippen LogP contribution in [0.4, 0.5) is 8.78 Å². The maximum atomic E-state index is 13.6. The van der Waals surface area contributed by atoms with Gasteiger partial charge in [0.15, 0.2) is 5.69 Å². The summed E-state index contributed by atoms with van der Waals surface area (Å²) in [5.41, 5.74) is 0.203. The van der Waals surface area contributed by atoms with Crippen LogP contribution in [-0.2, 0) is 0 Å². The van der Waals surface area contributed by atoms with Gasteiger partial charge in [0.2, 0.25) is 0 Å². The lowest BCUT2D eigenvalue weighted by Crippen LogP contribution is -2.29. The predicted octanol–water partition coefficient (Wildman–Crippen LogP) is 1.96. The van der Waals surface area contributed by atoms with Crippen LogP contribution < -0.4 is 5.32 Å². The highest BCUT2D eigenvalue weighted by molar-refractivity contribution is 5.92. The minimum atomic E-state index is -0.625. The number of carbonyl (C=O) groups excluding carboxylic acids is 1. The number of amides is 1. The van der Waals surface area contributed by atoms with Crippen LogP contribution in [0, 0.1) is 11.6 Å². The second kappa shape index (κ2) is 5.55. The summed E-state index contributed by atoms with van der Waals surface area (Å²) in [4.78, 5) is 11.8. The largest absolute Gasteiger partial charge is 0.344 e. The third-order valence-corrected chi connectivity index (χ3v) is 2.69. The van der Waals surface area contributed by atoms with E-state index in [2.05, 4.69) is 20.7 Å². The maximum absolute atomic E-state index is 13.6. The lowest BCUT2D eigenvalue weighted by atomic mass is 10.0. The van der Waals surface area contributed by atoms with Gasteiger partial charge in [-0.05, 0) is 24.6 Å². The number of carbonyl (C=O) groups is 1. The molecule has 0 spiro atoms. The highest BCUT2D eigenvalue weighted by Crippen LogP contribution is 2.21. The van der Waals surface area contributed by atoms with Crippen molar-refractivity contribution < 1.29 is 13.6 Å². The molecule has 1 heterocycles. The molecule has 0 saturated carbocycles. The molecule has 0 bridgehead atoms. The first kappa shape index (κ1) is 13.1. The van der Waals surface area contributed by atoms with Gasteiger partial charge >= 0.3 is 0 Å². The number of hydrogen-bond acceptors (Lipinski definition) is 3. The third kappa shape index (κ3) is 2.93. The van der Waals surface area contributed by atoms with E-state index in [9.17, 15) is 13.6 Å². The van der Waals surface area contributed by atoms with Gasteiger partial charge in [0.1, 0.15) is 11.6 Å². The van der Waals surface area contributed by atoms with Crippen LogP contribution in [0.25, 0.3) is 0 Å². The van der Waals surface area contributed by atoms with Gasteiger partial charge in [-0.25, -0.2) is 8.78 Å². The molecular formula is C12H12F2N4O. The van der Waals surface area contributed by atoms with Crippen LogP contribution >= 0.6 is 0 Å². The Hall–Kier alpha value is -2.31. The Kier molecular flexibility index (Phi) is 3.84. The quantitative estimate of drug-likeness (QED) is 0.888. The number of nitrogens with zero attached hydrogens (tertiary/aromatic N) is 2. The molecule has 2 aromatic rings. The predicted molar refractivity (Wildman–Crippen MR) is 63.2 cm³/mol. The monoisotopic (exact) mass is 266 g/mol. The van der Waals surface area contributed by atoms with Crippen molar-refractivity contribution in [3.8, 4) is 0 Å². The molecule has 0 radical (unpaired) electrons. The molecule has 2 rings (SSSR count). The van der Waals surface area contributed by atoms with Crippen molar-refractivity contribution in [2.24, 2.45) is 0 Å². The van der Waals surface area contributed by atoms with Gasteiger partial charge in [-0.1, -0.05) is 6.92 Å². The van der Waals surface area contributed by atoms with E-state index in [1.54, 1.807) is 6.92 Å². The summed E-state index contributed by atoms with van der Waals surface area (Å²) < 4.78 is 26.8. The zero-order valence-electron chi connectivity index (χ0n) is 10.2. The first-order valence-electron chi connectivity index (χ1n) is 5.73. The van der Waals surface area contributed by atoms with E-state index in [0.717, 1.165) is 18.2 Å². The van der Waals surface area contributed by atoms with E-state index >= 15 is 0 Å². The number of benzene rings is 1. The SMILES string of the molecule is CC[C@H](NC(=O)c1cn[nH]n1)c1cc(F)ccc1F. The molecule has 0 aliphatic heterocycles. The topological polar surface area (TPSA) is 70.7 Å². The van der Waals surface area contributed by atoms with Gasteiger partial charge in [-0.15, -0.1) is 0 Å². The smallest absolute Gasteiger partial charge is 0.273 e. The number of rotatable bonds is 4. The van der Waals surface area contributed by atoms with E-state index < -0.39 is 23.6 Å². The summed E-state index contributed by atoms with van der Waals surface area (Å²) in [6.45, 7) is 1.76. The molecule has 2 N–H and O–H groups in total. The Labute approximate surface area is 108 Å². The van der Waals surface area contributed by atoms with Gasteiger partial charge in [0.05, 0.1) is 12.2 Å². The van der Waals surface area contributed by atoms with Gasteiger partial charge in [0, 0.05) is 5.56 Å². The lowest BCUT2D eigenvalue weighted by Gasteiger charge is -2.17. The fourth-order valence-corrected chi connectivity index (χ4v) is 1.72. The zero-order chi connectivity index (χ0) is 13.8. The first-order chi connectivity index (χ1) is 9.11. The maximum Gasteiger partial charge on any atom is 0.273 e. The van der Waals surface area contributed by atoms with Crippen molar-refractivity contribution >= 4 is 5.91 Å². The van der Waals surface area contributed by atoms with Crippen molar-refractivity contribution in [3.05, 3.63) is 47.3 Å². The molecule has 1 aromatic heterocycles. The van der Waals surface area contributed by atoms with Crippen LogP contribution in [0.3, 0.4) is 0 Å². The average Bonchev–Trinajstić information content (AvgIpc) is 2.93. The van der Waals surface area contributed by atoms with Crippen LogP contribution in [0.15, 0.2) is 24.4 Å². The van der Waals surface area contributed by atoms with Crippen molar-refractivity contribution in [2.45, 2.75) is 19.4 Å². The molecule has 0 aliphatic rings. The van der Waals surface area contributed by atoms with E-state index in [-0.39, 0.29) is 11.3 Å². The number of aromatic nitrogens is 3. The Morgan fingerprint density at radius 1 is 1.47 bits per heavy atom. The minimum absolute atomic E-state index is 0.0928. The number of halogens is 2. The Balaban J connectivity index is 2.20. The number of H-pyrrole nitrogens is 1. The standard InChI is InChI=1S/C12H12F2N4O/c1-2-10(8-5-7(13)3-4-9(8)14)16-12(19)11-6-15-18-17-11/h3-6,10H,2H2,1H3,(H,16,19)(H,15,17,18)/t10-/m0/s1. The van der Waals surface area contributed by atoms with E-state index in [4.69, 9.17) is 0 Å². The molecule has 100 valence electrons. The average molecular weight is 266 g/mol. The summed E-state index contributed by atoms with van der Waals surface area (Å²) in [5, 5.41) is 12.0. The molecule has 1 aromatic carbocycles. The first-order valence-corrected chi connectivity index (χ1v) is 5.73. The molecule has 0 fully saturated rings. The Morgan fingerprint density at radius 3 is 2.89 bits per heavy atom. The third-order valence-electron chi connectivity index (χ3n) is 2.69. The molecule has 19 heavy (non-hydrogen) atoms. The molecule has 0 unspecified atom stereocenters. The number of aromatic amines is 1. The van der Waals surface area contributed by atoms with Crippen LogP contribution in [0.1, 0.15) is 35.4 Å². The summed E-state index contributed by atoms with van der Waals surface area (Å²) in [6.07, 6.45) is 1.67.